The van der Waals surface area contributed by atoms with E-state index in [1.54, 1.807) is 6.07 Å². The number of amides is 1. The minimum Gasteiger partial charge on any atom is -0.338 e. The molecule has 1 fully saturated rings. The van der Waals surface area contributed by atoms with Crippen LogP contribution in [-0.2, 0) is 0 Å². The molecule has 0 bridgehead atoms. The van der Waals surface area contributed by atoms with Crippen LogP contribution in [0, 0.1) is 5.92 Å². The second kappa shape index (κ2) is 6.21. The normalized spacial score (nSPS) is 20.6. The molecule has 1 aliphatic rings. The number of rotatable bonds is 3. The first-order chi connectivity index (χ1) is 8.20. The Bertz CT molecular complexity index is 394. The highest BCUT2D eigenvalue weighted by Crippen LogP contribution is 2.26. The van der Waals surface area contributed by atoms with Crippen molar-refractivity contribution < 1.29 is 4.79 Å². The third kappa shape index (κ3) is 3.46. The van der Waals surface area contributed by atoms with Crippen molar-refractivity contribution in [3.8, 4) is 0 Å². The quantitative estimate of drug-likeness (QED) is 0.763. The van der Waals surface area contributed by atoms with Crippen molar-refractivity contribution in [2.75, 3.05) is 18.4 Å². The number of thiophene rings is 1. The predicted octanol–water partition coefficient (Wildman–Crippen LogP) is 4.04. The molecule has 1 saturated heterocycles. The molecular weight excluding hydrogens is 322 g/mol. The van der Waals surface area contributed by atoms with E-state index in [1.807, 2.05) is 11.0 Å². The van der Waals surface area contributed by atoms with Gasteiger partial charge in [-0.3, -0.25) is 4.79 Å². The maximum Gasteiger partial charge on any atom is 0.263 e. The SMILES string of the molecule is O=C(c1ccc(Cl)s1)N1CCCC(CCBr)C1. The van der Waals surface area contributed by atoms with Crippen LogP contribution in [0.5, 0.6) is 0 Å². The van der Waals surface area contributed by atoms with Gasteiger partial charge in [-0.15, -0.1) is 11.3 Å². The summed E-state index contributed by atoms with van der Waals surface area (Å²) in [6.45, 7) is 1.77. The Morgan fingerprint density at radius 3 is 3.06 bits per heavy atom. The number of piperidine rings is 1. The van der Waals surface area contributed by atoms with E-state index in [2.05, 4.69) is 15.9 Å². The summed E-state index contributed by atoms with van der Waals surface area (Å²) in [6.07, 6.45) is 3.50. The van der Waals surface area contributed by atoms with E-state index in [-0.39, 0.29) is 5.91 Å². The van der Waals surface area contributed by atoms with Gasteiger partial charge in [0.2, 0.25) is 0 Å². The second-order valence-corrected chi connectivity index (χ2v) is 6.85. The van der Waals surface area contributed by atoms with Crippen LogP contribution in [0.4, 0.5) is 0 Å². The Balaban J connectivity index is 1.99. The fraction of sp³-hybridized carbons (Fsp3) is 0.583. The minimum atomic E-state index is 0.140. The summed E-state index contributed by atoms with van der Waals surface area (Å²) >= 11 is 10.7. The molecular formula is C12H15BrClNOS. The number of carbonyl (C=O) groups excluding carboxylic acids is 1. The first-order valence-corrected chi connectivity index (χ1v) is 8.13. The van der Waals surface area contributed by atoms with Gasteiger partial charge in [-0.2, -0.15) is 0 Å². The highest BCUT2D eigenvalue weighted by Gasteiger charge is 2.24. The van der Waals surface area contributed by atoms with Gasteiger partial charge in [0.1, 0.15) is 0 Å². The molecule has 1 aromatic heterocycles. The van der Waals surface area contributed by atoms with Crippen LogP contribution in [0.15, 0.2) is 12.1 Å². The highest BCUT2D eigenvalue weighted by atomic mass is 79.9. The number of likely N-dealkylation sites (tertiary alicyclic amines) is 1. The van der Waals surface area contributed by atoms with Crippen LogP contribution in [0.1, 0.15) is 28.9 Å². The molecule has 0 saturated carbocycles. The predicted molar refractivity (Wildman–Crippen MR) is 76.4 cm³/mol. The molecule has 17 heavy (non-hydrogen) atoms. The summed E-state index contributed by atoms with van der Waals surface area (Å²) < 4.78 is 0.683. The maximum atomic E-state index is 12.2. The fourth-order valence-corrected chi connectivity index (χ4v) is 3.88. The van der Waals surface area contributed by atoms with E-state index in [0.717, 1.165) is 36.1 Å². The number of carbonyl (C=O) groups is 1. The lowest BCUT2D eigenvalue weighted by molar-refractivity contribution is 0.0677. The largest absolute Gasteiger partial charge is 0.338 e. The van der Waals surface area contributed by atoms with E-state index in [0.29, 0.717) is 10.3 Å². The molecule has 1 unspecified atom stereocenters. The molecule has 1 atom stereocenters. The van der Waals surface area contributed by atoms with E-state index in [4.69, 9.17) is 11.6 Å². The van der Waals surface area contributed by atoms with E-state index >= 15 is 0 Å². The van der Waals surface area contributed by atoms with Gasteiger partial charge in [0.25, 0.3) is 5.91 Å². The van der Waals surface area contributed by atoms with Crippen LogP contribution in [-0.4, -0.2) is 29.2 Å². The molecule has 0 aliphatic carbocycles. The van der Waals surface area contributed by atoms with Crippen LogP contribution >= 0.6 is 38.9 Å². The zero-order valence-corrected chi connectivity index (χ0v) is 12.7. The number of nitrogens with zero attached hydrogens (tertiary/aromatic N) is 1. The van der Waals surface area contributed by atoms with Gasteiger partial charge >= 0.3 is 0 Å². The molecule has 94 valence electrons. The lowest BCUT2D eigenvalue weighted by Gasteiger charge is -2.32. The summed E-state index contributed by atoms with van der Waals surface area (Å²) in [7, 11) is 0. The molecule has 2 rings (SSSR count). The van der Waals surface area contributed by atoms with E-state index in [1.165, 1.54) is 17.8 Å². The number of hydrogen-bond donors (Lipinski definition) is 0. The lowest BCUT2D eigenvalue weighted by Crippen LogP contribution is -2.39. The zero-order chi connectivity index (χ0) is 12.3. The van der Waals surface area contributed by atoms with Gasteiger partial charge in [0.05, 0.1) is 9.21 Å². The van der Waals surface area contributed by atoms with Crippen LogP contribution in [0.3, 0.4) is 0 Å². The third-order valence-electron chi connectivity index (χ3n) is 3.11. The molecule has 0 aromatic carbocycles. The van der Waals surface area contributed by atoms with E-state index < -0.39 is 0 Å². The zero-order valence-electron chi connectivity index (χ0n) is 9.49. The smallest absolute Gasteiger partial charge is 0.263 e. The summed E-state index contributed by atoms with van der Waals surface area (Å²) in [5, 5.41) is 1.02. The Kier molecular flexibility index (Phi) is 4.88. The first kappa shape index (κ1) is 13.4. The van der Waals surface area contributed by atoms with Crippen molar-refractivity contribution in [1.82, 2.24) is 4.90 Å². The maximum absolute atomic E-state index is 12.2. The molecule has 0 radical (unpaired) electrons. The summed E-state index contributed by atoms with van der Waals surface area (Å²) in [5.74, 6) is 0.781. The summed E-state index contributed by atoms with van der Waals surface area (Å²) in [6, 6.07) is 3.61. The molecule has 0 spiro atoms. The van der Waals surface area contributed by atoms with Crippen molar-refractivity contribution >= 4 is 44.8 Å². The molecule has 1 aromatic rings. The lowest BCUT2D eigenvalue weighted by atomic mass is 9.95. The molecule has 2 nitrogen and oxygen atoms in total. The van der Waals surface area contributed by atoms with Gasteiger partial charge in [0.15, 0.2) is 0 Å². The average Bonchev–Trinajstić information content (AvgIpc) is 2.76. The first-order valence-electron chi connectivity index (χ1n) is 5.81. The van der Waals surface area contributed by atoms with Crippen molar-refractivity contribution in [3.63, 3.8) is 0 Å². The van der Waals surface area contributed by atoms with Crippen molar-refractivity contribution in [2.24, 2.45) is 5.92 Å². The monoisotopic (exact) mass is 335 g/mol. The van der Waals surface area contributed by atoms with Crippen LogP contribution in [0.25, 0.3) is 0 Å². The topological polar surface area (TPSA) is 20.3 Å². The number of halogens is 2. The third-order valence-corrected chi connectivity index (χ3v) is 4.78. The van der Waals surface area contributed by atoms with Gasteiger partial charge in [-0.25, -0.2) is 0 Å². The summed E-state index contributed by atoms with van der Waals surface area (Å²) in [5.41, 5.74) is 0. The Morgan fingerprint density at radius 1 is 1.59 bits per heavy atom. The molecule has 0 N–H and O–H groups in total. The van der Waals surface area contributed by atoms with Gasteiger partial charge in [-0.1, -0.05) is 27.5 Å². The van der Waals surface area contributed by atoms with Gasteiger partial charge in [0, 0.05) is 18.4 Å². The van der Waals surface area contributed by atoms with Crippen molar-refractivity contribution in [2.45, 2.75) is 19.3 Å². The Labute approximate surface area is 119 Å². The highest BCUT2D eigenvalue weighted by molar-refractivity contribution is 9.09. The van der Waals surface area contributed by atoms with Gasteiger partial charge in [-0.05, 0) is 37.3 Å². The summed E-state index contributed by atoms with van der Waals surface area (Å²) in [4.78, 5) is 15.0. The molecule has 5 heteroatoms. The molecule has 2 heterocycles. The minimum absolute atomic E-state index is 0.140. The van der Waals surface area contributed by atoms with Gasteiger partial charge < -0.3 is 4.90 Å². The standard InChI is InChI=1S/C12H15BrClNOS/c13-6-5-9-2-1-7-15(8-9)12(16)10-3-4-11(14)17-10/h3-4,9H,1-2,5-8H2. The van der Waals surface area contributed by atoms with Crippen LogP contribution in [0.2, 0.25) is 4.34 Å². The van der Waals surface area contributed by atoms with Crippen molar-refractivity contribution in [3.05, 3.63) is 21.3 Å². The molecule has 1 aliphatic heterocycles. The second-order valence-electron chi connectivity index (χ2n) is 4.34. The fourth-order valence-electron chi connectivity index (χ4n) is 2.22. The Morgan fingerprint density at radius 2 is 2.41 bits per heavy atom. The van der Waals surface area contributed by atoms with E-state index in [9.17, 15) is 4.79 Å². The van der Waals surface area contributed by atoms with Crippen LogP contribution < -0.4 is 0 Å². The molecule has 1 amide bonds. The number of alkyl halides is 1. The number of hydrogen-bond acceptors (Lipinski definition) is 2. The average molecular weight is 337 g/mol. The Hall–Kier alpha value is -0.0600. The van der Waals surface area contributed by atoms with Crippen molar-refractivity contribution in [1.29, 1.82) is 0 Å².